The first-order valence-electron chi connectivity index (χ1n) is 2.83. The number of oxazole rings is 1. The van der Waals surface area contributed by atoms with Crippen LogP contribution in [0.1, 0.15) is 11.8 Å². The number of carboxylic acid groups (broad SMARTS) is 1. The minimum absolute atomic E-state index is 0.0324. The molecule has 0 radical (unpaired) electrons. The molecule has 0 fully saturated rings. The summed E-state index contributed by atoms with van der Waals surface area (Å²) in [5.41, 5.74) is 3.21. The van der Waals surface area contributed by atoms with Crippen molar-refractivity contribution in [3.8, 4) is 0 Å². The molecule has 11 heavy (non-hydrogen) atoms. The molecule has 0 aliphatic rings. The van der Waals surface area contributed by atoms with Crippen molar-refractivity contribution in [2.45, 2.75) is 6.04 Å². The van der Waals surface area contributed by atoms with Crippen LogP contribution < -0.4 is 16.6 Å². The largest absolute Gasteiger partial charge is 0.544 e. The van der Waals surface area contributed by atoms with Gasteiger partial charge < -0.3 is 20.1 Å². The Bertz CT molecular complexity index is 312. The monoisotopic (exact) mass is 158 g/mol. The van der Waals surface area contributed by atoms with Gasteiger partial charge in [-0.05, 0) is 0 Å². The lowest BCUT2D eigenvalue weighted by Gasteiger charge is -2.03. The normalized spacial score (nSPS) is 12.8. The number of carboxylic acids is 1. The molecule has 6 nitrogen and oxygen atoms in total. The highest BCUT2D eigenvalue weighted by Gasteiger charge is 2.14. The molecule has 1 heterocycles. The van der Waals surface area contributed by atoms with Crippen LogP contribution in [0.2, 0.25) is 0 Å². The number of aliphatic carboxylic acids is 1. The number of hydrogen-bond acceptors (Lipinski definition) is 4. The second kappa shape index (κ2) is 2.59. The third-order valence-electron chi connectivity index (χ3n) is 1.17. The van der Waals surface area contributed by atoms with Gasteiger partial charge in [0.2, 0.25) is 0 Å². The van der Waals surface area contributed by atoms with Gasteiger partial charge in [0.15, 0.2) is 11.8 Å². The topological polar surface area (TPSA) is 114 Å². The standard InChI is InChI=1S/C5H6N2O4/c6-3(4(8)9)2-1-7-5(10)11-2/h1,3H,6H2,(H,7,10)(H,8,9)/t3-/m1/s1. The molecule has 0 unspecified atom stereocenters. The van der Waals surface area contributed by atoms with Crippen molar-refractivity contribution < 1.29 is 20.1 Å². The van der Waals surface area contributed by atoms with Gasteiger partial charge in [-0.15, -0.1) is 0 Å². The molecule has 0 aliphatic carbocycles. The van der Waals surface area contributed by atoms with Gasteiger partial charge in [0.1, 0.15) is 5.97 Å². The number of carbonyl (C=O) groups is 1. The first-order valence-corrected chi connectivity index (χ1v) is 2.83. The van der Waals surface area contributed by atoms with E-state index in [1.54, 1.807) is 0 Å². The Labute approximate surface area is 60.6 Å². The second-order valence-electron chi connectivity index (χ2n) is 1.95. The molecule has 0 bridgehead atoms. The summed E-state index contributed by atoms with van der Waals surface area (Å²) in [7, 11) is 0. The average Bonchev–Trinajstić information content (AvgIpc) is 2.34. The Morgan fingerprint density at radius 2 is 2.45 bits per heavy atom. The fourth-order valence-electron chi connectivity index (χ4n) is 0.584. The van der Waals surface area contributed by atoms with Gasteiger partial charge in [-0.25, -0.2) is 4.79 Å². The molecule has 0 amide bonds. The molecule has 1 aromatic rings. The maximum Gasteiger partial charge on any atom is 0.416 e. The summed E-state index contributed by atoms with van der Waals surface area (Å²) in [6.07, 6.45) is 1.15. The van der Waals surface area contributed by atoms with Crippen LogP contribution in [0.25, 0.3) is 0 Å². The number of hydrogen-bond donors (Lipinski definition) is 2. The molecule has 1 aromatic heterocycles. The van der Waals surface area contributed by atoms with E-state index in [0.717, 1.165) is 6.20 Å². The van der Waals surface area contributed by atoms with Crippen LogP contribution in [0.5, 0.6) is 0 Å². The SMILES string of the molecule is [NH3+][C@@H](C(=O)[O-])c1c[nH]c(=O)o1. The van der Waals surface area contributed by atoms with E-state index in [1.165, 1.54) is 0 Å². The third kappa shape index (κ3) is 1.47. The van der Waals surface area contributed by atoms with E-state index in [9.17, 15) is 14.7 Å². The van der Waals surface area contributed by atoms with Crippen molar-refractivity contribution in [2.24, 2.45) is 0 Å². The summed E-state index contributed by atoms with van der Waals surface area (Å²) in [5, 5.41) is 10.2. The number of nitrogens with one attached hydrogen (secondary N) is 1. The van der Waals surface area contributed by atoms with Crippen molar-refractivity contribution in [2.75, 3.05) is 0 Å². The predicted octanol–water partition coefficient (Wildman–Crippen LogP) is -3.00. The molecule has 1 rings (SSSR count). The van der Waals surface area contributed by atoms with Crippen LogP contribution in [-0.2, 0) is 4.79 Å². The van der Waals surface area contributed by atoms with E-state index in [2.05, 4.69) is 15.1 Å². The Morgan fingerprint density at radius 1 is 1.82 bits per heavy atom. The van der Waals surface area contributed by atoms with Gasteiger partial charge in [-0.3, -0.25) is 4.98 Å². The molecule has 4 N–H and O–H groups in total. The van der Waals surface area contributed by atoms with Crippen molar-refractivity contribution in [1.29, 1.82) is 0 Å². The minimum Gasteiger partial charge on any atom is -0.544 e. The molecule has 0 aliphatic heterocycles. The van der Waals surface area contributed by atoms with Crippen LogP contribution in [0.3, 0.4) is 0 Å². The Balaban J connectivity index is 2.93. The smallest absolute Gasteiger partial charge is 0.416 e. The van der Waals surface area contributed by atoms with Gasteiger partial charge >= 0.3 is 5.76 Å². The van der Waals surface area contributed by atoms with E-state index < -0.39 is 17.8 Å². The summed E-state index contributed by atoms with van der Waals surface area (Å²) < 4.78 is 4.41. The molecular formula is C5H6N2O4. The van der Waals surface area contributed by atoms with Gasteiger partial charge in [0.25, 0.3) is 0 Å². The van der Waals surface area contributed by atoms with Crippen molar-refractivity contribution in [1.82, 2.24) is 4.98 Å². The minimum atomic E-state index is -1.38. The van der Waals surface area contributed by atoms with Gasteiger partial charge in [-0.1, -0.05) is 0 Å². The number of carbonyl (C=O) groups excluding carboxylic acids is 1. The molecule has 0 saturated carbocycles. The van der Waals surface area contributed by atoms with E-state index in [-0.39, 0.29) is 5.76 Å². The lowest BCUT2D eigenvalue weighted by Crippen LogP contribution is -2.60. The maximum atomic E-state index is 10.4. The number of aromatic amines is 1. The van der Waals surface area contributed by atoms with E-state index in [0.29, 0.717) is 0 Å². The molecule has 6 heteroatoms. The van der Waals surface area contributed by atoms with Crippen LogP contribution in [-0.4, -0.2) is 11.0 Å². The lowest BCUT2D eigenvalue weighted by molar-refractivity contribution is -0.446. The van der Waals surface area contributed by atoms with Crippen LogP contribution in [0.4, 0.5) is 0 Å². The molecule has 1 atom stereocenters. The zero-order valence-electron chi connectivity index (χ0n) is 5.49. The van der Waals surface area contributed by atoms with E-state index in [4.69, 9.17) is 0 Å². The number of rotatable bonds is 2. The fraction of sp³-hybridized carbons (Fsp3) is 0.200. The van der Waals surface area contributed by atoms with Crippen molar-refractivity contribution in [3.63, 3.8) is 0 Å². The van der Waals surface area contributed by atoms with E-state index in [1.807, 2.05) is 0 Å². The Morgan fingerprint density at radius 3 is 2.82 bits per heavy atom. The number of aromatic nitrogens is 1. The molecular weight excluding hydrogens is 152 g/mol. The lowest BCUT2D eigenvalue weighted by atomic mass is 10.3. The van der Waals surface area contributed by atoms with Crippen molar-refractivity contribution in [3.05, 3.63) is 22.5 Å². The molecule has 60 valence electrons. The van der Waals surface area contributed by atoms with Crippen LogP contribution in [0, 0.1) is 0 Å². The quantitative estimate of drug-likeness (QED) is 0.477. The predicted molar refractivity (Wildman–Crippen MR) is 30.0 cm³/mol. The molecule has 0 saturated heterocycles. The van der Waals surface area contributed by atoms with Gasteiger partial charge in [-0.2, -0.15) is 0 Å². The summed E-state index contributed by atoms with van der Waals surface area (Å²) in [6.45, 7) is 0. The summed E-state index contributed by atoms with van der Waals surface area (Å²) in [6, 6.07) is -1.14. The van der Waals surface area contributed by atoms with Crippen LogP contribution in [0.15, 0.2) is 15.4 Å². The first-order chi connectivity index (χ1) is 5.11. The fourth-order valence-corrected chi connectivity index (χ4v) is 0.584. The van der Waals surface area contributed by atoms with Gasteiger partial charge in [0, 0.05) is 0 Å². The van der Waals surface area contributed by atoms with Crippen molar-refractivity contribution >= 4 is 5.97 Å². The summed E-state index contributed by atoms with van der Waals surface area (Å²) >= 11 is 0. The number of H-pyrrole nitrogens is 1. The third-order valence-corrected chi connectivity index (χ3v) is 1.17. The van der Waals surface area contributed by atoms with E-state index >= 15 is 0 Å². The number of quaternary nitrogens is 1. The molecule has 0 aromatic carbocycles. The Kier molecular flexibility index (Phi) is 1.77. The highest BCUT2D eigenvalue weighted by molar-refractivity contribution is 5.70. The average molecular weight is 158 g/mol. The highest BCUT2D eigenvalue weighted by atomic mass is 16.4. The zero-order valence-corrected chi connectivity index (χ0v) is 5.49. The maximum absolute atomic E-state index is 10.4. The second-order valence-corrected chi connectivity index (χ2v) is 1.95. The van der Waals surface area contributed by atoms with Gasteiger partial charge in [0.05, 0.1) is 6.20 Å². The summed E-state index contributed by atoms with van der Waals surface area (Å²) in [4.78, 5) is 22.7. The Hall–Kier alpha value is -1.56. The van der Waals surface area contributed by atoms with Crippen LogP contribution >= 0.6 is 0 Å². The molecule has 0 spiro atoms. The first kappa shape index (κ1) is 7.55. The summed E-state index contributed by atoms with van der Waals surface area (Å²) in [5.74, 6) is -2.11. The highest BCUT2D eigenvalue weighted by Crippen LogP contribution is 2.01. The zero-order chi connectivity index (χ0) is 8.43.